The minimum Gasteiger partial charge on any atom is -0.483 e. The fourth-order valence-corrected chi connectivity index (χ4v) is 4.94. The van der Waals surface area contributed by atoms with Crippen LogP contribution < -0.4 is 10.1 Å². The van der Waals surface area contributed by atoms with Gasteiger partial charge in [-0.05, 0) is 24.6 Å². The Labute approximate surface area is 151 Å². The van der Waals surface area contributed by atoms with E-state index < -0.39 is 15.8 Å². The number of rotatable bonds is 4. The van der Waals surface area contributed by atoms with Gasteiger partial charge in [-0.25, -0.2) is 8.42 Å². The zero-order chi connectivity index (χ0) is 18.0. The van der Waals surface area contributed by atoms with Crippen LogP contribution in [0.1, 0.15) is 12.0 Å². The van der Waals surface area contributed by atoms with Gasteiger partial charge in [-0.15, -0.1) is 0 Å². The average Bonchev–Trinajstić information content (AvgIpc) is 2.84. The number of benzene rings is 1. The first-order valence-electron chi connectivity index (χ1n) is 8.01. The van der Waals surface area contributed by atoms with Gasteiger partial charge in [-0.3, -0.25) is 9.59 Å². The lowest BCUT2D eigenvalue weighted by molar-refractivity contribution is -0.133. The van der Waals surface area contributed by atoms with Crippen LogP contribution in [0.3, 0.4) is 0 Å². The number of ether oxygens (including phenoxy) is 1. The average molecular weight is 387 g/mol. The molecule has 2 heterocycles. The summed E-state index contributed by atoms with van der Waals surface area (Å²) < 4.78 is 28.3. The van der Waals surface area contributed by atoms with Crippen LogP contribution in [0, 0.1) is 5.92 Å². The number of nitrogens with zero attached hydrogens (tertiary/aromatic N) is 1. The molecule has 9 heteroatoms. The van der Waals surface area contributed by atoms with E-state index in [2.05, 4.69) is 5.32 Å². The lowest BCUT2D eigenvalue weighted by atomic mass is 10.1. The van der Waals surface area contributed by atoms with Crippen molar-refractivity contribution in [2.75, 3.05) is 31.2 Å². The molecular weight excluding hydrogens is 368 g/mol. The molecule has 0 aromatic heterocycles. The van der Waals surface area contributed by atoms with Gasteiger partial charge in [0.15, 0.2) is 16.4 Å². The summed E-state index contributed by atoms with van der Waals surface area (Å²) in [6.07, 6.45) is 0.358. The van der Waals surface area contributed by atoms with E-state index in [9.17, 15) is 18.0 Å². The van der Waals surface area contributed by atoms with Crippen molar-refractivity contribution >= 4 is 33.3 Å². The molecular formula is C16H19ClN2O5S. The topological polar surface area (TPSA) is 92.8 Å². The van der Waals surface area contributed by atoms with Crippen molar-refractivity contribution in [3.63, 3.8) is 0 Å². The van der Waals surface area contributed by atoms with Crippen molar-refractivity contribution in [1.82, 2.24) is 10.2 Å². The molecule has 1 fully saturated rings. The molecule has 0 radical (unpaired) electrons. The van der Waals surface area contributed by atoms with Crippen LogP contribution in [0.5, 0.6) is 5.75 Å². The summed E-state index contributed by atoms with van der Waals surface area (Å²) in [5.41, 5.74) is 0.812. The maximum absolute atomic E-state index is 12.2. The summed E-state index contributed by atoms with van der Waals surface area (Å²) in [6.45, 7) is 0.863. The number of nitrogens with one attached hydrogen (secondary N) is 1. The van der Waals surface area contributed by atoms with Crippen molar-refractivity contribution in [3.8, 4) is 5.75 Å². The van der Waals surface area contributed by atoms with Crippen molar-refractivity contribution in [3.05, 3.63) is 28.8 Å². The van der Waals surface area contributed by atoms with Crippen molar-refractivity contribution in [2.45, 2.75) is 13.0 Å². The number of fused-ring (bicyclic) bond motifs is 1. The third-order valence-electron chi connectivity index (χ3n) is 4.37. The van der Waals surface area contributed by atoms with Gasteiger partial charge < -0.3 is 15.0 Å². The van der Waals surface area contributed by atoms with E-state index in [0.717, 1.165) is 5.56 Å². The molecule has 25 heavy (non-hydrogen) atoms. The van der Waals surface area contributed by atoms with E-state index in [4.69, 9.17) is 16.3 Å². The molecule has 0 unspecified atom stereocenters. The van der Waals surface area contributed by atoms with E-state index >= 15 is 0 Å². The lowest BCUT2D eigenvalue weighted by Crippen LogP contribution is -2.41. The van der Waals surface area contributed by atoms with Crippen LogP contribution in [0.15, 0.2) is 18.2 Å². The maximum atomic E-state index is 12.2. The monoisotopic (exact) mass is 386 g/mol. The molecule has 7 nitrogen and oxygen atoms in total. The first kappa shape index (κ1) is 18.0. The quantitative estimate of drug-likeness (QED) is 0.818. The fourth-order valence-electron chi connectivity index (χ4n) is 3.00. The molecule has 0 aliphatic carbocycles. The molecule has 2 aliphatic rings. The zero-order valence-electron chi connectivity index (χ0n) is 13.5. The highest BCUT2D eigenvalue weighted by Crippen LogP contribution is 2.26. The molecule has 2 aliphatic heterocycles. The van der Waals surface area contributed by atoms with E-state index in [-0.39, 0.29) is 36.5 Å². The predicted octanol–water partition coefficient (Wildman–Crippen LogP) is 0.612. The molecule has 3 rings (SSSR count). The lowest BCUT2D eigenvalue weighted by Gasteiger charge is -2.20. The molecule has 0 bridgehead atoms. The summed E-state index contributed by atoms with van der Waals surface area (Å²) in [6, 6.07) is 5.19. The first-order valence-corrected chi connectivity index (χ1v) is 10.2. The van der Waals surface area contributed by atoms with Crippen LogP contribution in [0.25, 0.3) is 0 Å². The van der Waals surface area contributed by atoms with Gasteiger partial charge in [-0.2, -0.15) is 0 Å². The second kappa shape index (κ2) is 7.21. The molecule has 1 aromatic rings. The number of halogens is 1. The second-order valence-corrected chi connectivity index (χ2v) is 8.91. The molecule has 2 amide bonds. The van der Waals surface area contributed by atoms with Crippen LogP contribution in [0.4, 0.5) is 0 Å². The Balaban J connectivity index is 1.55. The van der Waals surface area contributed by atoms with E-state index in [1.54, 1.807) is 23.1 Å². The number of carbonyl (C=O) groups excluding carboxylic acids is 2. The zero-order valence-corrected chi connectivity index (χ0v) is 15.1. The van der Waals surface area contributed by atoms with Crippen LogP contribution in [0.2, 0.25) is 5.02 Å². The van der Waals surface area contributed by atoms with Gasteiger partial charge in [0.05, 0.1) is 17.4 Å². The minimum absolute atomic E-state index is 0.0601. The fraction of sp³-hybridized carbons (Fsp3) is 0.500. The summed E-state index contributed by atoms with van der Waals surface area (Å²) in [5.74, 6) is -0.354. The summed E-state index contributed by atoms with van der Waals surface area (Å²) in [7, 11) is -3.09. The highest BCUT2D eigenvalue weighted by atomic mass is 35.5. The molecule has 0 spiro atoms. The van der Waals surface area contributed by atoms with E-state index in [0.29, 0.717) is 30.3 Å². The van der Waals surface area contributed by atoms with Gasteiger partial charge in [0.2, 0.25) is 5.91 Å². The third kappa shape index (κ3) is 4.43. The largest absolute Gasteiger partial charge is 0.483 e. The van der Waals surface area contributed by atoms with E-state index in [1.165, 1.54) is 0 Å². The molecule has 1 N–H and O–H groups in total. The number of hydrogen-bond acceptors (Lipinski definition) is 5. The predicted molar refractivity (Wildman–Crippen MR) is 92.1 cm³/mol. The van der Waals surface area contributed by atoms with E-state index in [1.807, 2.05) is 0 Å². The van der Waals surface area contributed by atoms with Gasteiger partial charge in [0, 0.05) is 30.2 Å². The Bertz CT molecular complexity index is 796. The highest BCUT2D eigenvalue weighted by Gasteiger charge is 2.32. The van der Waals surface area contributed by atoms with Gasteiger partial charge in [-0.1, -0.05) is 11.6 Å². The molecule has 1 aromatic carbocycles. The van der Waals surface area contributed by atoms with Crippen LogP contribution >= 0.6 is 11.6 Å². The smallest absolute Gasteiger partial charge is 0.260 e. The minimum atomic E-state index is -3.09. The SMILES string of the molecule is O=C(NCCN1Cc2cc(Cl)ccc2OCC1=O)[C@@H]1CCS(=O)(=O)C1. The van der Waals surface area contributed by atoms with Gasteiger partial charge >= 0.3 is 0 Å². The number of sulfone groups is 1. The van der Waals surface area contributed by atoms with Crippen molar-refractivity contribution in [1.29, 1.82) is 0 Å². The Morgan fingerprint density at radius 1 is 1.40 bits per heavy atom. The first-order chi connectivity index (χ1) is 11.8. The Hall–Kier alpha value is -1.80. The van der Waals surface area contributed by atoms with Crippen molar-refractivity contribution < 1.29 is 22.7 Å². The van der Waals surface area contributed by atoms with Gasteiger partial charge in [0.1, 0.15) is 5.75 Å². The standard InChI is InChI=1S/C16H19ClN2O5S/c17-13-1-2-14-12(7-13)8-19(15(20)9-24-14)5-4-18-16(21)11-3-6-25(22,23)10-11/h1-2,7,11H,3-6,8-10H2,(H,18,21)/t11-/m1/s1. The maximum Gasteiger partial charge on any atom is 0.260 e. The van der Waals surface area contributed by atoms with Crippen LogP contribution in [-0.2, 0) is 26.0 Å². The van der Waals surface area contributed by atoms with Crippen molar-refractivity contribution in [2.24, 2.45) is 5.92 Å². The highest BCUT2D eigenvalue weighted by molar-refractivity contribution is 7.91. The second-order valence-electron chi connectivity index (χ2n) is 6.25. The summed E-state index contributed by atoms with van der Waals surface area (Å²) >= 11 is 5.99. The van der Waals surface area contributed by atoms with Gasteiger partial charge in [0.25, 0.3) is 5.91 Å². The third-order valence-corrected chi connectivity index (χ3v) is 6.37. The number of carbonyl (C=O) groups is 2. The Morgan fingerprint density at radius 2 is 2.20 bits per heavy atom. The number of amides is 2. The summed E-state index contributed by atoms with van der Waals surface area (Å²) in [4.78, 5) is 25.8. The number of hydrogen-bond donors (Lipinski definition) is 1. The Morgan fingerprint density at radius 3 is 2.92 bits per heavy atom. The van der Waals surface area contributed by atoms with Crippen LogP contribution in [-0.4, -0.2) is 56.3 Å². The molecule has 1 saturated heterocycles. The normalized spacial score (nSPS) is 22.0. The Kier molecular flexibility index (Phi) is 5.19. The molecule has 136 valence electrons. The summed E-state index contributed by atoms with van der Waals surface area (Å²) in [5, 5.41) is 3.28. The molecule has 0 saturated carbocycles. The molecule has 1 atom stereocenters.